The molecule has 1 aliphatic heterocycles. The van der Waals surface area contributed by atoms with Crippen LogP contribution in [0.4, 0.5) is 0 Å². The molecule has 4 aromatic rings. The summed E-state index contributed by atoms with van der Waals surface area (Å²) in [4.78, 5) is 22.7. The first kappa shape index (κ1) is 32.8. The lowest BCUT2D eigenvalue weighted by Gasteiger charge is -2.40. The smallest absolute Gasteiger partial charge is 0.260 e. The Labute approximate surface area is 288 Å². The molecular formula is C43H49N2O2P. The maximum atomic E-state index is 15.0. The fraction of sp³-hybridized carbons (Fsp3) is 0.395. The average Bonchev–Trinajstić information content (AvgIpc) is 3.54. The predicted octanol–water partition coefficient (Wildman–Crippen LogP) is 10.6. The van der Waals surface area contributed by atoms with Crippen LogP contribution in [-0.4, -0.2) is 34.1 Å². The zero-order valence-electron chi connectivity index (χ0n) is 28.5. The monoisotopic (exact) mass is 656 g/mol. The molecule has 7 rings (SSSR count). The van der Waals surface area contributed by atoms with Crippen molar-refractivity contribution in [2.75, 3.05) is 0 Å². The number of carbonyl (C=O) groups excluding carboxylic acids is 1. The molecule has 248 valence electrons. The summed E-state index contributed by atoms with van der Waals surface area (Å²) in [7, 11) is -0.407. The van der Waals surface area contributed by atoms with Crippen molar-refractivity contribution < 1.29 is 9.53 Å². The van der Waals surface area contributed by atoms with Crippen LogP contribution in [0.5, 0.6) is 5.75 Å². The summed E-state index contributed by atoms with van der Waals surface area (Å²) >= 11 is 0. The molecule has 0 radical (unpaired) electrons. The molecule has 4 nitrogen and oxygen atoms in total. The van der Waals surface area contributed by atoms with Gasteiger partial charge in [0.05, 0.1) is 12.1 Å². The van der Waals surface area contributed by atoms with Gasteiger partial charge in [0, 0.05) is 11.1 Å². The number of amides is 1. The van der Waals surface area contributed by atoms with Gasteiger partial charge in [-0.1, -0.05) is 131 Å². The Morgan fingerprint density at radius 3 is 1.81 bits per heavy atom. The molecule has 1 heterocycles. The van der Waals surface area contributed by atoms with Crippen molar-refractivity contribution in [1.82, 2.24) is 4.90 Å². The lowest BCUT2D eigenvalue weighted by Crippen LogP contribution is -2.40. The number of aliphatic imine (C=N–C) groups is 1. The summed E-state index contributed by atoms with van der Waals surface area (Å²) in [5.74, 6) is 1.57. The quantitative estimate of drug-likeness (QED) is 0.168. The molecule has 2 fully saturated rings. The van der Waals surface area contributed by atoms with Gasteiger partial charge in [-0.3, -0.25) is 14.7 Å². The van der Waals surface area contributed by atoms with E-state index < -0.39 is 7.92 Å². The van der Waals surface area contributed by atoms with E-state index >= 15 is 4.79 Å². The lowest BCUT2D eigenvalue weighted by molar-refractivity contribution is 0.0805. The van der Waals surface area contributed by atoms with Gasteiger partial charge in [0.25, 0.3) is 5.91 Å². The van der Waals surface area contributed by atoms with E-state index in [1.807, 2.05) is 49.1 Å². The standard InChI is InChI=1S/C43H49N2O2P/c1-31(2)47-35-29-27-34(28-30-35)43(46)45-41(33-19-9-4-10-20-33)40(32-17-7-3-8-18-32)44-42(45)38-25-15-16-26-39(38)48(36-21-11-5-12-22-36)37-23-13-6-14-24-37/h3-4,7-10,15-20,25-31,36-37,40-41H,5-6,11-14,21-24H2,1-2H3/t40-,41-/m1/s1. The summed E-state index contributed by atoms with van der Waals surface area (Å²) in [6.45, 7) is 4.04. The highest BCUT2D eigenvalue weighted by Crippen LogP contribution is 2.56. The fourth-order valence-electron chi connectivity index (χ4n) is 8.23. The zero-order valence-corrected chi connectivity index (χ0v) is 29.4. The van der Waals surface area contributed by atoms with Gasteiger partial charge >= 0.3 is 0 Å². The highest BCUT2D eigenvalue weighted by Gasteiger charge is 2.44. The number of hydrogen-bond acceptors (Lipinski definition) is 3. The highest BCUT2D eigenvalue weighted by atomic mass is 31.1. The van der Waals surface area contributed by atoms with Gasteiger partial charge in [-0.05, 0) is 91.5 Å². The highest BCUT2D eigenvalue weighted by molar-refractivity contribution is 7.67. The summed E-state index contributed by atoms with van der Waals surface area (Å²) < 4.78 is 5.94. The number of hydrogen-bond donors (Lipinski definition) is 0. The number of nitrogens with zero attached hydrogens (tertiary/aromatic N) is 2. The molecule has 3 aliphatic rings. The average molecular weight is 657 g/mol. The number of ether oxygens (including phenoxy) is 1. The van der Waals surface area contributed by atoms with E-state index in [1.54, 1.807) is 0 Å². The van der Waals surface area contributed by atoms with Crippen LogP contribution in [0.15, 0.2) is 114 Å². The Morgan fingerprint density at radius 1 is 0.688 bits per heavy atom. The van der Waals surface area contributed by atoms with Crippen LogP contribution in [0, 0.1) is 0 Å². The lowest BCUT2D eigenvalue weighted by atomic mass is 9.93. The molecule has 0 spiro atoms. The Hall–Kier alpha value is -3.75. The van der Waals surface area contributed by atoms with Crippen molar-refractivity contribution in [2.45, 2.75) is 108 Å². The topological polar surface area (TPSA) is 41.9 Å². The van der Waals surface area contributed by atoms with Crippen LogP contribution >= 0.6 is 7.92 Å². The van der Waals surface area contributed by atoms with Crippen molar-refractivity contribution in [3.8, 4) is 5.75 Å². The van der Waals surface area contributed by atoms with Crippen molar-refractivity contribution in [3.05, 3.63) is 131 Å². The fourth-order valence-corrected chi connectivity index (χ4v) is 12.2. The number of benzene rings is 4. The maximum Gasteiger partial charge on any atom is 0.260 e. The number of rotatable bonds is 9. The Balaban J connectivity index is 1.38. The molecule has 2 saturated carbocycles. The summed E-state index contributed by atoms with van der Waals surface area (Å²) in [6.07, 6.45) is 13.5. The third kappa shape index (κ3) is 7.01. The van der Waals surface area contributed by atoms with Gasteiger partial charge in [0.1, 0.15) is 17.6 Å². The van der Waals surface area contributed by atoms with Crippen LogP contribution in [0.3, 0.4) is 0 Å². The first-order valence-electron chi connectivity index (χ1n) is 18.2. The summed E-state index contributed by atoms with van der Waals surface area (Å²) in [5, 5.41) is 1.46. The third-order valence-electron chi connectivity index (χ3n) is 10.4. The molecule has 5 heteroatoms. The molecule has 0 aromatic heterocycles. The first-order chi connectivity index (χ1) is 23.6. The Kier molecular flexibility index (Phi) is 10.4. The minimum Gasteiger partial charge on any atom is -0.491 e. The van der Waals surface area contributed by atoms with E-state index in [-0.39, 0.29) is 24.1 Å². The zero-order chi connectivity index (χ0) is 32.9. The van der Waals surface area contributed by atoms with Gasteiger partial charge in [0.2, 0.25) is 0 Å². The molecule has 1 amide bonds. The van der Waals surface area contributed by atoms with Gasteiger partial charge in [-0.15, -0.1) is 0 Å². The summed E-state index contributed by atoms with van der Waals surface area (Å²) in [5.41, 5.74) is 5.51. The first-order valence-corrected chi connectivity index (χ1v) is 19.7. The normalized spacial score (nSPS) is 20.7. The van der Waals surface area contributed by atoms with Crippen LogP contribution in [0.2, 0.25) is 0 Å². The SMILES string of the molecule is CC(C)Oc1ccc(C(=O)N2C(c3ccccc3P(C3CCCCC3)C3CCCCC3)=N[C@H](c3ccccc3)[C@H]2c2ccccc2)cc1. The van der Waals surface area contributed by atoms with Gasteiger partial charge in [0.15, 0.2) is 0 Å². The van der Waals surface area contributed by atoms with Crippen molar-refractivity contribution >= 4 is 25.0 Å². The molecule has 2 aliphatic carbocycles. The maximum absolute atomic E-state index is 15.0. The Bertz CT molecular complexity index is 1660. The van der Waals surface area contributed by atoms with Crippen LogP contribution in [-0.2, 0) is 0 Å². The van der Waals surface area contributed by atoms with Gasteiger partial charge < -0.3 is 4.74 Å². The van der Waals surface area contributed by atoms with Crippen molar-refractivity contribution in [3.63, 3.8) is 0 Å². The molecule has 0 saturated heterocycles. The van der Waals surface area contributed by atoms with Gasteiger partial charge in [-0.2, -0.15) is 0 Å². The van der Waals surface area contributed by atoms with E-state index in [0.717, 1.165) is 39.6 Å². The van der Waals surface area contributed by atoms with Crippen LogP contribution < -0.4 is 10.0 Å². The van der Waals surface area contributed by atoms with E-state index in [0.29, 0.717) is 5.56 Å². The minimum atomic E-state index is -0.407. The van der Waals surface area contributed by atoms with Gasteiger partial charge in [-0.25, -0.2) is 0 Å². The van der Waals surface area contributed by atoms with E-state index in [2.05, 4.69) is 78.9 Å². The van der Waals surface area contributed by atoms with Crippen LogP contribution in [0.1, 0.15) is 117 Å². The second-order valence-corrected chi connectivity index (χ2v) is 16.8. The molecule has 0 unspecified atom stereocenters. The van der Waals surface area contributed by atoms with E-state index in [9.17, 15) is 0 Å². The number of amidine groups is 1. The largest absolute Gasteiger partial charge is 0.491 e. The second-order valence-electron chi connectivity index (χ2n) is 14.0. The third-order valence-corrected chi connectivity index (χ3v) is 14.0. The molecule has 0 bridgehead atoms. The van der Waals surface area contributed by atoms with Crippen molar-refractivity contribution in [2.24, 2.45) is 4.99 Å². The van der Waals surface area contributed by atoms with E-state index in [1.165, 1.54) is 69.5 Å². The molecule has 0 N–H and O–H groups in total. The molecule has 2 atom stereocenters. The predicted molar refractivity (Wildman–Crippen MR) is 200 cm³/mol. The molecule has 48 heavy (non-hydrogen) atoms. The number of carbonyl (C=O) groups is 1. The Morgan fingerprint density at radius 2 is 1.23 bits per heavy atom. The second kappa shape index (κ2) is 15.2. The molecule has 4 aromatic carbocycles. The molecular weight excluding hydrogens is 607 g/mol. The van der Waals surface area contributed by atoms with Crippen LogP contribution in [0.25, 0.3) is 0 Å². The summed E-state index contributed by atoms with van der Waals surface area (Å²) in [6, 6.07) is 37.3. The van der Waals surface area contributed by atoms with Crippen molar-refractivity contribution in [1.29, 1.82) is 0 Å². The van der Waals surface area contributed by atoms with E-state index in [4.69, 9.17) is 9.73 Å². The minimum absolute atomic E-state index is 0.0217.